The maximum Gasteiger partial charge on any atom is 0.244 e. The molecule has 31 heavy (non-hydrogen) atoms. The second-order valence-corrected chi connectivity index (χ2v) is 8.91. The van der Waals surface area contributed by atoms with E-state index < -0.39 is 0 Å². The molecule has 0 saturated carbocycles. The van der Waals surface area contributed by atoms with Crippen LogP contribution in [0.2, 0.25) is 0 Å². The van der Waals surface area contributed by atoms with Crippen molar-refractivity contribution in [3.05, 3.63) is 48.0 Å². The third kappa shape index (κ3) is 5.93. The van der Waals surface area contributed by atoms with Crippen molar-refractivity contribution in [2.24, 2.45) is 5.73 Å². The minimum Gasteiger partial charge on any atom is -0.497 e. The van der Waals surface area contributed by atoms with Crippen LogP contribution in [-0.2, 0) is 4.79 Å². The highest BCUT2D eigenvalue weighted by atomic mass is 32.2. The first-order valence-electron chi connectivity index (χ1n) is 10.8. The van der Waals surface area contributed by atoms with E-state index in [1.165, 1.54) is 0 Å². The van der Waals surface area contributed by atoms with Gasteiger partial charge in [-0.3, -0.25) is 4.79 Å². The third-order valence-electron chi connectivity index (χ3n) is 5.48. The summed E-state index contributed by atoms with van der Waals surface area (Å²) in [4.78, 5) is 18.2. The number of para-hydroxylation sites is 1. The van der Waals surface area contributed by atoms with Crippen molar-refractivity contribution in [1.82, 2.24) is 4.90 Å². The zero-order valence-electron chi connectivity index (χ0n) is 18.7. The van der Waals surface area contributed by atoms with Gasteiger partial charge in [-0.05, 0) is 63.2 Å². The zero-order chi connectivity index (χ0) is 22.2. The predicted octanol–water partition coefficient (Wildman–Crippen LogP) is 3.94. The minimum absolute atomic E-state index is 0.0461. The predicted molar refractivity (Wildman–Crippen MR) is 127 cm³/mol. The van der Waals surface area contributed by atoms with Crippen molar-refractivity contribution < 1.29 is 14.3 Å². The highest BCUT2D eigenvalue weighted by molar-refractivity contribution is 8.00. The number of ether oxygens (including phenoxy) is 2. The Morgan fingerprint density at radius 1 is 1.13 bits per heavy atom. The lowest BCUT2D eigenvalue weighted by Crippen LogP contribution is -2.33. The Morgan fingerprint density at radius 3 is 2.71 bits per heavy atom. The van der Waals surface area contributed by atoms with Crippen LogP contribution in [0, 0.1) is 0 Å². The average Bonchev–Trinajstić information content (AvgIpc) is 2.79. The van der Waals surface area contributed by atoms with E-state index in [0.717, 1.165) is 60.0 Å². The lowest BCUT2D eigenvalue weighted by atomic mass is 10.1. The molecule has 0 saturated heterocycles. The van der Waals surface area contributed by atoms with E-state index in [1.54, 1.807) is 23.8 Å². The van der Waals surface area contributed by atoms with Crippen molar-refractivity contribution in [2.45, 2.75) is 29.4 Å². The van der Waals surface area contributed by atoms with Gasteiger partial charge in [0.05, 0.1) is 19.4 Å². The summed E-state index contributed by atoms with van der Waals surface area (Å²) in [6, 6.07) is 13.7. The molecule has 168 valence electrons. The van der Waals surface area contributed by atoms with Crippen LogP contribution in [0.1, 0.15) is 30.1 Å². The molecule has 0 radical (unpaired) electrons. The standard InChI is InChI=1S/C24H33N3O3S/c1-26(15-13-25)14-7-4-8-16-30-21-12-11-18(29-3)17-19(21)23-24(28)27(2)20-9-5-6-10-22(20)31-23/h5-6,9-12,17,23H,4,7-8,13-16,25H2,1-3H3. The van der Waals surface area contributed by atoms with Gasteiger partial charge in [0.15, 0.2) is 0 Å². The van der Waals surface area contributed by atoms with Gasteiger partial charge < -0.3 is 25.0 Å². The maximum absolute atomic E-state index is 13.2. The Kier molecular flexibility index (Phi) is 8.63. The summed E-state index contributed by atoms with van der Waals surface area (Å²) < 4.78 is 11.6. The lowest BCUT2D eigenvalue weighted by Gasteiger charge is -2.32. The van der Waals surface area contributed by atoms with Crippen molar-refractivity contribution >= 4 is 23.4 Å². The van der Waals surface area contributed by atoms with Crippen LogP contribution in [-0.4, -0.2) is 58.3 Å². The van der Waals surface area contributed by atoms with E-state index in [9.17, 15) is 4.79 Å². The molecule has 3 rings (SSSR count). The van der Waals surface area contributed by atoms with Crippen LogP contribution in [0.3, 0.4) is 0 Å². The zero-order valence-corrected chi connectivity index (χ0v) is 19.5. The largest absolute Gasteiger partial charge is 0.497 e. The summed E-state index contributed by atoms with van der Waals surface area (Å²) in [5.74, 6) is 1.52. The Bertz CT molecular complexity index is 877. The van der Waals surface area contributed by atoms with E-state index in [0.29, 0.717) is 13.2 Å². The number of nitrogens with two attached hydrogens (primary N) is 1. The quantitative estimate of drug-likeness (QED) is 0.531. The number of likely N-dealkylation sites (N-methyl/N-ethyl adjacent to an activating group) is 2. The monoisotopic (exact) mass is 443 g/mol. The molecule has 0 aliphatic carbocycles. The Balaban J connectivity index is 1.67. The fraction of sp³-hybridized carbons (Fsp3) is 0.458. The van der Waals surface area contributed by atoms with Crippen molar-refractivity contribution in [2.75, 3.05) is 52.3 Å². The average molecular weight is 444 g/mol. The number of unbranched alkanes of at least 4 members (excludes halogenated alkanes) is 2. The number of hydrogen-bond acceptors (Lipinski definition) is 6. The molecular weight excluding hydrogens is 410 g/mol. The molecule has 2 aromatic rings. The van der Waals surface area contributed by atoms with E-state index in [2.05, 4.69) is 18.0 Å². The van der Waals surface area contributed by atoms with Gasteiger partial charge in [-0.15, -0.1) is 11.8 Å². The summed E-state index contributed by atoms with van der Waals surface area (Å²) >= 11 is 1.57. The van der Waals surface area contributed by atoms with E-state index in [1.807, 2.05) is 43.4 Å². The highest BCUT2D eigenvalue weighted by Crippen LogP contribution is 2.48. The number of benzene rings is 2. The topological polar surface area (TPSA) is 68.0 Å². The van der Waals surface area contributed by atoms with Gasteiger partial charge in [0, 0.05) is 30.6 Å². The van der Waals surface area contributed by atoms with Crippen LogP contribution in [0.25, 0.3) is 0 Å². The molecule has 2 aromatic carbocycles. The third-order valence-corrected chi connectivity index (χ3v) is 6.77. The van der Waals surface area contributed by atoms with Gasteiger partial charge in [0.2, 0.25) is 5.91 Å². The number of carbonyl (C=O) groups excluding carboxylic acids is 1. The number of hydrogen-bond donors (Lipinski definition) is 1. The number of nitrogens with zero attached hydrogens (tertiary/aromatic N) is 2. The fourth-order valence-corrected chi connectivity index (χ4v) is 4.97. The number of thioether (sulfide) groups is 1. The van der Waals surface area contributed by atoms with E-state index >= 15 is 0 Å². The summed E-state index contributed by atoms with van der Waals surface area (Å²) in [5, 5.41) is -0.366. The number of amides is 1. The Hall–Kier alpha value is -2.22. The molecular formula is C24H33N3O3S. The summed E-state index contributed by atoms with van der Waals surface area (Å²) in [6.45, 7) is 3.29. The molecule has 1 heterocycles. The second-order valence-electron chi connectivity index (χ2n) is 7.77. The van der Waals surface area contributed by atoms with Crippen molar-refractivity contribution in [3.63, 3.8) is 0 Å². The number of fused-ring (bicyclic) bond motifs is 1. The molecule has 1 amide bonds. The van der Waals surface area contributed by atoms with Crippen LogP contribution in [0.5, 0.6) is 11.5 Å². The van der Waals surface area contributed by atoms with Crippen LogP contribution >= 0.6 is 11.8 Å². The van der Waals surface area contributed by atoms with Gasteiger partial charge in [-0.2, -0.15) is 0 Å². The lowest BCUT2D eigenvalue weighted by molar-refractivity contribution is -0.118. The van der Waals surface area contributed by atoms with Gasteiger partial charge in [0.25, 0.3) is 0 Å². The number of methoxy groups -OCH3 is 1. The molecule has 1 aliphatic rings. The molecule has 6 nitrogen and oxygen atoms in total. The SMILES string of the molecule is COc1ccc(OCCCCCN(C)CCN)c(C2Sc3ccccc3N(C)C2=O)c1. The van der Waals surface area contributed by atoms with Gasteiger partial charge in [-0.1, -0.05) is 12.1 Å². The first-order valence-corrected chi connectivity index (χ1v) is 11.7. The molecule has 1 aliphatic heterocycles. The molecule has 1 atom stereocenters. The van der Waals surface area contributed by atoms with Gasteiger partial charge in [0.1, 0.15) is 16.7 Å². The van der Waals surface area contributed by atoms with Crippen LogP contribution in [0.15, 0.2) is 47.4 Å². The summed E-state index contributed by atoms with van der Waals surface area (Å²) in [5.41, 5.74) is 7.39. The normalized spacial score (nSPS) is 15.8. The Morgan fingerprint density at radius 2 is 1.94 bits per heavy atom. The smallest absolute Gasteiger partial charge is 0.244 e. The molecule has 7 heteroatoms. The molecule has 0 spiro atoms. The minimum atomic E-state index is -0.366. The molecule has 2 N–H and O–H groups in total. The summed E-state index contributed by atoms with van der Waals surface area (Å²) in [6.07, 6.45) is 3.18. The molecule has 1 unspecified atom stereocenters. The van der Waals surface area contributed by atoms with E-state index in [4.69, 9.17) is 15.2 Å². The Labute approximate surface area is 189 Å². The first-order chi connectivity index (χ1) is 15.0. The van der Waals surface area contributed by atoms with Crippen LogP contribution < -0.4 is 20.1 Å². The first kappa shape index (κ1) is 23.4. The van der Waals surface area contributed by atoms with E-state index in [-0.39, 0.29) is 11.2 Å². The van der Waals surface area contributed by atoms with Crippen molar-refractivity contribution in [3.8, 4) is 11.5 Å². The number of rotatable bonds is 11. The second kappa shape index (κ2) is 11.4. The molecule has 0 fully saturated rings. The molecule has 0 aromatic heterocycles. The molecule has 0 bridgehead atoms. The number of carbonyl (C=O) groups is 1. The van der Waals surface area contributed by atoms with Crippen LogP contribution in [0.4, 0.5) is 5.69 Å². The van der Waals surface area contributed by atoms with Gasteiger partial charge >= 0.3 is 0 Å². The summed E-state index contributed by atoms with van der Waals surface area (Å²) in [7, 11) is 5.57. The fourth-order valence-electron chi connectivity index (χ4n) is 3.67. The maximum atomic E-state index is 13.2. The van der Waals surface area contributed by atoms with Crippen molar-refractivity contribution in [1.29, 1.82) is 0 Å². The highest BCUT2D eigenvalue weighted by Gasteiger charge is 2.34. The number of anilines is 1. The van der Waals surface area contributed by atoms with Gasteiger partial charge in [-0.25, -0.2) is 0 Å².